The molecule has 26 heavy (non-hydrogen) atoms. The van der Waals surface area contributed by atoms with Crippen molar-refractivity contribution in [1.29, 1.82) is 0 Å². The Balaban J connectivity index is 1.50. The number of benzene rings is 1. The minimum absolute atomic E-state index is 0.173. The summed E-state index contributed by atoms with van der Waals surface area (Å²) in [4.78, 5) is 38.7. The summed E-state index contributed by atoms with van der Waals surface area (Å²) in [7, 11) is 0. The second-order valence-electron chi connectivity index (χ2n) is 7.83. The number of imide groups is 1. The number of rotatable bonds is 4. The van der Waals surface area contributed by atoms with Crippen molar-refractivity contribution < 1.29 is 14.4 Å². The lowest BCUT2D eigenvalue weighted by molar-refractivity contribution is -0.135. The van der Waals surface area contributed by atoms with E-state index in [2.05, 4.69) is 16.7 Å². The topological polar surface area (TPSA) is 78.5 Å². The van der Waals surface area contributed by atoms with Crippen LogP contribution in [0.5, 0.6) is 0 Å². The molecule has 0 bridgehead atoms. The average molecular weight is 355 g/mol. The van der Waals surface area contributed by atoms with Gasteiger partial charge in [-0.15, -0.1) is 0 Å². The first-order chi connectivity index (χ1) is 12.5. The van der Waals surface area contributed by atoms with E-state index in [9.17, 15) is 14.4 Å². The molecule has 1 heterocycles. The van der Waals surface area contributed by atoms with E-state index < -0.39 is 11.6 Å². The number of aryl methyl sites for hydroxylation is 2. The van der Waals surface area contributed by atoms with Crippen LogP contribution in [0.15, 0.2) is 18.2 Å². The SMILES string of the molecule is C[C@@]1(c2ccc3c(c2)CCC3)NC(=O)N(CC(=O)NC2CCCC2)C1=O. The Morgan fingerprint density at radius 2 is 1.92 bits per heavy atom. The van der Waals surface area contributed by atoms with Crippen LogP contribution in [-0.4, -0.2) is 35.3 Å². The van der Waals surface area contributed by atoms with E-state index in [1.165, 1.54) is 11.1 Å². The zero-order chi connectivity index (χ0) is 18.3. The molecule has 0 unspecified atom stereocenters. The summed E-state index contributed by atoms with van der Waals surface area (Å²) in [6.45, 7) is 1.50. The summed E-state index contributed by atoms with van der Waals surface area (Å²) in [5, 5.41) is 5.73. The number of nitrogens with one attached hydrogen (secondary N) is 2. The minimum atomic E-state index is -1.11. The van der Waals surface area contributed by atoms with Crippen molar-refractivity contribution in [2.45, 2.75) is 63.5 Å². The van der Waals surface area contributed by atoms with Gasteiger partial charge in [0.05, 0.1) is 0 Å². The number of carbonyl (C=O) groups excluding carboxylic acids is 3. The number of carbonyl (C=O) groups is 3. The Bertz CT molecular complexity index is 770. The third-order valence-corrected chi connectivity index (χ3v) is 5.97. The molecule has 0 radical (unpaired) electrons. The minimum Gasteiger partial charge on any atom is -0.352 e. The molecule has 6 nitrogen and oxygen atoms in total. The number of hydrogen-bond acceptors (Lipinski definition) is 3. The number of nitrogens with zero attached hydrogens (tertiary/aromatic N) is 1. The fourth-order valence-electron chi connectivity index (χ4n) is 4.41. The van der Waals surface area contributed by atoms with Gasteiger partial charge in [-0.25, -0.2) is 4.79 Å². The highest BCUT2D eigenvalue weighted by atomic mass is 16.2. The second kappa shape index (κ2) is 6.41. The molecule has 1 atom stereocenters. The van der Waals surface area contributed by atoms with Crippen LogP contribution >= 0.6 is 0 Å². The molecule has 3 aliphatic rings. The van der Waals surface area contributed by atoms with Gasteiger partial charge in [-0.1, -0.05) is 31.0 Å². The third kappa shape index (κ3) is 2.87. The number of urea groups is 1. The molecule has 1 aliphatic heterocycles. The summed E-state index contributed by atoms with van der Waals surface area (Å²) >= 11 is 0. The Morgan fingerprint density at radius 1 is 1.19 bits per heavy atom. The third-order valence-electron chi connectivity index (χ3n) is 5.97. The lowest BCUT2D eigenvalue weighted by Crippen LogP contribution is -2.45. The van der Waals surface area contributed by atoms with E-state index in [-0.39, 0.29) is 24.4 Å². The largest absolute Gasteiger partial charge is 0.352 e. The molecular weight excluding hydrogens is 330 g/mol. The van der Waals surface area contributed by atoms with Crippen LogP contribution in [0.1, 0.15) is 55.7 Å². The fourth-order valence-corrected chi connectivity index (χ4v) is 4.41. The monoisotopic (exact) mass is 355 g/mol. The van der Waals surface area contributed by atoms with Gasteiger partial charge in [0.1, 0.15) is 12.1 Å². The maximum Gasteiger partial charge on any atom is 0.325 e. The summed E-state index contributed by atoms with van der Waals surface area (Å²) in [6.07, 6.45) is 7.38. The van der Waals surface area contributed by atoms with E-state index in [0.717, 1.165) is 55.4 Å². The quantitative estimate of drug-likeness (QED) is 0.811. The van der Waals surface area contributed by atoms with E-state index in [0.29, 0.717) is 0 Å². The highest BCUT2D eigenvalue weighted by Crippen LogP contribution is 2.32. The predicted molar refractivity (Wildman–Crippen MR) is 96.5 cm³/mol. The molecule has 4 rings (SSSR count). The lowest BCUT2D eigenvalue weighted by atomic mass is 9.89. The number of amides is 4. The van der Waals surface area contributed by atoms with Gasteiger partial charge in [0.15, 0.2) is 0 Å². The molecule has 138 valence electrons. The van der Waals surface area contributed by atoms with Gasteiger partial charge in [-0.3, -0.25) is 14.5 Å². The molecule has 2 aliphatic carbocycles. The average Bonchev–Trinajstić information content (AvgIpc) is 3.32. The molecule has 1 saturated heterocycles. The van der Waals surface area contributed by atoms with Gasteiger partial charge >= 0.3 is 6.03 Å². The van der Waals surface area contributed by atoms with Crippen molar-refractivity contribution in [3.05, 3.63) is 34.9 Å². The summed E-state index contributed by atoms with van der Waals surface area (Å²) in [5.74, 6) is -0.624. The molecule has 2 N–H and O–H groups in total. The first-order valence-electron chi connectivity index (χ1n) is 9.53. The first-order valence-corrected chi connectivity index (χ1v) is 9.53. The van der Waals surface area contributed by atoms with Crippen molar-refractivity contribution in [3.63, 3.8) is 0 Å². The van der Waals surface area contributed by atoms with Gasteiger partial charge in [0, 0.05) is 6.04 Å². The van der Waals surface area contributed by atoms with Crippen molar-refractivity contribution in [2.24, 2.45) is 0 Å². The normalized spacial score (nSPS) is 25.5. The smallest absolute Gasteiger partial charge is 0.325 e. The van der Waals surface area contributed by atoms with Crippen LogP contribution in [0.25, 0.3) is 0 Å². The van der Waals surface area contributed by atoms with Crippen LogP contribution in [0.4, 0.5) is 4.79 Å². The van der Waals surface area contributed by atoms with Crippen molar-refractivity contribution in [1.82, 2.24) is 15.5 Å². The molecule has 1 aromatic rings. The molecular formula is C20H25N3O3. The Labute approximate surface area is 153 Å². The summed E-state index contributed by atoms with van der Waals surface area (Å²) in [6, 6.07) is 5.68. The van der Waals surface area contributed by atoms with Gasteiger partial charge < -0.3 is 10.6 Å². The Kier molecular flexibility index (Phi) is 4.21. The highest BCUT2D eigenvalue weighted by Gasteiger charge is 2.49. The molecule has 1 aromatic carbocycles. The van der Waals surface area contributed by atoms with E-state index in [1.807, 2.05) is 12.1 Å². The fraction of sp³-hybridized carbons (Fsp3) is 0.550. The van der Waals surface area contributed by atoms with Gasteiger partial charge in [-0.05, 0) is 55.7 Å². The molecule has 4 amide bonds. The molecule has 1 saturated carbocycles. The van der Waals surface area contributed by atoms with Crippen LogP contribution < -0.4 is 10.6 Å². The highest BCUT2D eigenvalue weighted by molar-refractivity contribution is 6.09. The molecule has 0 aromatic heterocycles. The maximum absolute atomic E-state index is 13.0. The molecule has 0 spiro atoms. The van der Waals surface area contributed by atoms with E-state index >= 15 is 0 Å². The van der Waals surface area contributed by atoms with Crippen LogP contribution in [-0.2, 0) is 28.0 Å². The Hall–Kier alpha value is -2.37. The van der Waals surface area contributed by atoms with Crippen molar-refractivity contribution in [2.75, 3.05) is 6.54 Å². The number of fused-ring (bicyclic) bond motifs is 1. The van der Waals surface area contributed by atoms with Crippen LogP contribution in [0.3, 0.4) is 0 Å². The molecule has 2 fully saturated rings. The van der Waals surface area contributed by atoms with Gasteiger partial charge in [-0.2, -0.15) is 0 Å². The zero-order valence-electron chi connectivity index (χ0n) is 15.1. The van der Waals surface area contributed by atoms with Crippen LogP contribution in [0.2, 0.25) is 0 Å². The van der Waals surface area contributed by atoms with Gasteiger partial charge in [0.2, 0.25) is 5.91 Å². The van der Waals surface area contributed by atoms with Crippen LogP contribution in [0, 0.1) is 0 Å². The van der Waals surface area contributed by atoms with E-state index in [4.69, 9.17) is 0 Å². The van der Waals surface area contributed by atoms with Crippen molar-refractivity contribution >= 4 is 17.8 Å². The maximum atomic E-state index is 13.0. The van der Waals surface area contributed by atoms with Gasteiger partial charge in [0.25, 0.3) is 5.91 Å². The second-order valence-corrected chi connectivity index (χ2v) is 7.83. The standard InChI is InChI=1S/C20H25N3O3/c1-20(15-10-9-13-5-4-6-14(13)11-15)18(25)23(19(26)22-20)12-17(24)21-16-7-2-3-8-16/h9-11,16H,2-8,12H2,1H3,(H,21,24)(H,22,26)/t20-/m0/s1. The summed E-state index contributed by atoms with van der Waals surface area (Å²) in [5.41, 5.74) is 2.25. The first kappa shape index (κ1) is 17.1. The summed E-state index contributed by atoms with van der Waals surface area (Å²) < 4.78 is 0. The zero-order valence-corrected chi connectivity index (χ0v) is 15.1. The van der Waals surface area contributed by atoms with E-state index in [1.54, 1.807) is 6.92 Å². The number of hydrogen-bond donors (Lipinski definition) is 2. The lowest BCUT2D eigenvalue weighted by Gasteiger charge is -2.23. The Morgan fingerprint density at radius 3 is 2.69 bits per heavy atom. The molecule has 6 heteroatoms. The van der Waals surface area contributed by atoms with Crippen molar-refractivity contribution in [3.8, 4) is 0 Å². The predicted octanol–water partition coefficient (Wildman–Crippen LogP) is 2.00.